The lowest BCUT2D eigenvalue weighted by Crippen LogP contribution is -2.25. The van der Waals surface area contributed by atoms with Crippen LogP contribution in [0.4, 0.5) is 5.82 Å². The van der Waals surface area contributed by atoms with E-state index in [0.29, 0.717) is 12.3 Å². The summed E-state index contributed by atoms with van der Waals surface area (Å²) in [6.07, 6.45) is 2.31. The van der Waals surface area contributed by atoms with Crippen molar-refractivity contribution in [1.29, 1.82) is 0 Å². The molecule has 1 atom stereocenters. The van der Waals surface area contributed by atoms with Crippen LogP contribution >= 0.6 is 31.9 Å². The van der Waals surface area contributed by atoms with Crippen molar-refractivity contribution >= 4 is 43.6 Å². The van der Waals surface area contributed by atoms with Gasteiger partial charge in [0.05, 0.1) is 4.47 Å². The van der Waals surface area contributed by atoms with E-state index in [4.69, 9.17) is 0 Å². The Labute approximate surface area is 105 Å². The molecule has 80 valence electrons. The molecule has 15 heavy (non-hydrogen) atoms. The van der Waals surface area contributed by atoms with Crippen LogP contribution < -0.4 is 4.90 Å². The molecule has 5 heteroatoms. The molecule has 1 unspecified atom stereocenters. The topological polar surface area (TPSA) is 33.2 Å². The Balaban J connectivity index is 2.25. The van der Waals surface area contributed by atoms with Crippen LogP contribution in [0.5, 0.6) is 0 Å². The summed E-state index contributed by atoms with van der Waals surface area (Å²) < 4.78 is 0.869. The molecule has 1 saturated heterocycles. The van der Waals surface area contributed by atoms with Crippen molar-refractivity contribution in [2.75, 3.05) is 16.8 Å². The highest BCUT2D eigenvalue weighted by Crippen LogP contribution is 2.29. The molecular formula is C10H10Br2N2O. The van der Waals surface area contributed by atoms with E-state index in [1.807, 2.05) is 12.1 Å². The number of amides is 1. The Morgan fingerprint density at radius 2 is 2.40 bits per heavy atom. The number of carbonyl (C=O) groups excluding carboxylic acids is 1. The van der Waals surface area contributed by atoms with Crippen LogP contribution in [-0.4, -0.2) is 22.8 Å². The van der Waals surface area contributed by atoms with Gasteiger partial charge in [-0.1, -0.05) is 15.9 Å². The zero-order valence-electron chi connectivity index (χ0n) is 7.99. The van der Waals surface area contributed by atoms with Crippen molar-refractivity contribution < 1.29 is 4.79 Å². The van der Waals surface area contributed by atoms with E-state index in [1.165, 1.54) is 0 Å². The summed E-state index contributed by atoms with van der Waals surface area (Å²) in [6.45, 7) is 0.750. The third-order valence-electron chi connectivity index (χ3n) is 2.42. The van der Waals surface area contributed by atoms with Gasteiger partial charge in [-0.25, -0.2) is 4.98 Å². The first-order valence-electron chi connectivity index (χ1n) is 4.69. The second-order valence-electron chi connectivity index (χ2n) is 3.54. The van der Waals surface area contributed by atoms with Gasteiger partial charge in [0.15, 0.2) is 0 Å². The van der Waals surface area contributed by atoms with E-state index in [0.717, 1.165) is 22.2 Å². The Morgan fingerprint density at radius 3 is 3.00 bits per heavy atom. The fourth-order valence-electron chi connectivity index (χ4n) is 1.67. The number of halogens is 2. The van der Waals surface area contributed by atoms with E-state index in [1.54, 1.807) is 11.1 Å². The third kappa shape index (κ3) is 2.23. The maximum absolute atomic E-state index is 11.7. The first-order chi connectivity index (χ1) is 7.22. The third-order valence-corrected chi connectivity index (χ3v) is 3.95. The van der Waals surface area contributed by atoms with E-state index in [-0.39, 0.29) is 5.91 Å². The molecule has 1 fully saturated rings. The average Bonchev–Trinajstić information content (AvgIpc) is 2.60. The minimum atomic E-state index is 0.152. The lowest BCUT2D eigenvalue weighted by Gasteiger charge is -2.16. The molecule has 2 heterocycles. The van der Waals surface area contributed by atoms with Crippen molar-refractivity contribution in [2.45, 2.75) is 6.42 Å². The van der Waals surface area contributed by atoms with Gasteiger partial charge >= 0.3 is 0 Å². The van der Waals surface area contributed by atoms with E-state index < -0.39 is 0 Å². The molecule has 1 aromatic rings. The van der Waals surface area contributed by atoms with Crippen LogP contribution in [-0.2, 0) is 4.79 Å². The molecule has 3 nitrogen and oxygen atoms in total. The fourth-order valence-corrected chi connectivity index (χ4v) is 2.57. The standard InChI is InChI=1S/C10H10Br2N2O/c11-5-7-4-9(15)14(6-7)10-8(12)2-1-3-13-10/h1-3,7H,4-6H2. The smallest absolute Gasteiger partial charge is 0.228 e. The summed E-state index contributed by atoms with van der Waals surface area (Å²) in [5, 5.41) is 0.861. The van der Waals surface area contributed by atoms with Gasteiger partial charge in [0, 0.05) is 24.5 Å². The van der Waals surface area contributed by atoms with E-state index >= 15 is 0 Å². The van der Waals surface area contributed by atoms with Crippen molar-refractivity contribution in [3.63, 3.8) is 0 Å². The molecule has 0 spiro atoms. The fraction of sp³-hybridized carbons (Fsp3) is 0.400. The van der Waals surface area contributed by atoms with Gasteiger partial charge in [0.25, 0.3) is 0 Å². The van der Waals surface area contributed by atoms with Crippen molar-refractivity contribution in [2.24, 2.45) is 5.92 Å². The lowest BCUT2D eigenvalue weighted by molar-refractivity contribution is -0.117. The van der Waals surface area contributed by atoms with Gasteiger partial charge in [0.1, 0.15) is 5.82 Å². The Bertz CT molecular complexity index is 383. The highest BCUT2D eigenvalue weighted by atomic mass is 79.9. The number of hydrogen-bond donors (Lipinski definition) is 0. The normalized spacial score (nSPS) is 21.1. The van der Waals surface area contributed by atoms with Crippen LogP contribution in [0.3, 0.4) is 0 Å². The number of rotatable bonds is 2. The van der Waals surface area contributed by atoms with Gasteiger partial charge in [-0.2, -0.15) is 0 Å². The monoisotopic (exact) mass is 332 g/mol. The first-order valence-corrected chi connectivity index (χ1v) is 6.60. The highest BCUT2D eigenvalue weighted by molar-refractivity contribution is 9.10. The molecule has 1 amide bonds. The molecule has 0 bridgehead atoms. The average molecular weight is 334 g/mol. The lowest BCUT2D eigenvalue weighted by atomic mass is 10.2. The summed E-state index contributed by atoms with van der Waals surface area (Å²) in [4.78, 5) is 17.7. The molecule has 2 rings (SSSR count). The van der Waals surface area contributed by atoms with Crippen molar-refractivity contribution in [1.82, 2.24) is 4.98 Å². The summed E-state index contributed by atoms with van der Waals surface area (Å²) in [7, 11) is 0. The summed E-state index contributed by atoms with van der Waals surface area (Å²) in [6, 6.07) is 3.74. The largest absolute Gasteiger partial charge is 0.296 e. The molecule has 1 aromatic heterocycles. The Morgan fingerprint density at radius 1 is 1.60 bits per heavy atom. The van der Waals surface area contributed by atoms with Gasteiger partial charge in [0.2, 0.25) is 5.91 Å². The minimum absolute atomic E-state index is 0.152. The second kappa shape index (κ2) is 4.61. The van der Waals surface area contributed by atoms with Crippen LogP contribution in [0.15, 0.2) is 22.8 Å². The minimum Gasteiger partial charge on any atom is -0.296 e. The zero-order chi connectivity index (χ0) is 10.8. The number of anilines is 1. The van der Waals surface area contributed by atoms with Crippen LogP contribution in [0.25, 0.3) is 0 Å². The second-order valence-corrected chi connectivity index (χ2v) is 5.04. The highest BCUT2D eigenvalue weighted by Gasteiger charge is 2.31. The summed E-state index contributed by atoms with van der Waals surface area (Å²) in [5.74, 6) is 1.27. The number of carbonyl (C=O) groups is 1. The molecule has 0 aliphatic carbocycles. The van der Waals surface area contributed by atoms with Gasteiger partial charge < -0.3 is 0 Å². The summed E-state index contributed by atoms with van der Waals surface area (Å²) >= 11 is 6.82. The van der Waals surface area contributed by atoms with Crippen molar-refractivity contribution in [3.05, 3.63) is 22.8 Å². The molecular weight excluding hydrogens is 324 g/mol. The van der Waals surface area contributed by atoms with Gasteiger partial charge in [-0.3, -0.25) is 9.69 Å². The quantitative estimate of drug-likeness (QED) is 0.779. The van der Waals surface area contributed by atoms with E-state index in [9.17, 15) is 4.79 Å². The molecule has 0 radical (unpaired) electrons. The van der Waals surface area contributed by atoms with Crippen LogP contribution in [0.1, 0.15) is 6.42 Å². The molecule has 1 aliphatic heterocycles. The predicted molar refractivity (Wildman–Crippen MR) is 66.2 cm³/mol. The summed E-state index contributed by atoms with van der Waals surface area (Å²) in [5.41, 5.74) is 0. The van der Waals surface area contributed by atoms with Crippen molar-refractivity contribution in [3.8, 4) is 0 Å². The number of hydrogen-bond acceptors (Lipinski definition) is 2. The van der Waals surface area contributed by atoms with Crippen LogP contribution in [0, 0.1) is 5.92 Å². The number of nitrogens with zero attached hydrogens (tertiary/aromatic N) is 2. The molecule has 0 N–H and O–H groups in total. The zero-order valence-corrected chi connectivity index (χ0v) is 11.2. The van der Waals surface area contributed by atoms with Gasteiger partial charge in [-0.15, -0.1) is 0 Å². The van der Waals surface area contributed by atoms with Crippen LogP contribution in [0.2, 0.25) is 0 Å². The number of aromatic nitrogens is 1. The van der Waals surface area contributed by atoms with Gasteiger partial charge in [-0.05, 0) is 34.0 Å². The Kier molecular flexibility index (Phi) is 3.41. The SMILES string of the molecule is O=C1CC(CBr)CN1c1ncccc1Br. The molecule has 0 aromatic carbocycles. The van der Waals surface area contributed by atoms with E-state index in [2.05, 4.69) is 36.8 Å². The number of pyridine rings is 1. The maximum Gasteiger partial charge on any atom is 0.228 e. The molecule has 0 saturated carbocycles. The predicted octanol–water partition coefficient (Wildman–Crippen LogP) is 2.59. The maximum atomic E-state index is 11.7. The first kappa shape index (κ1) is 11.1. The molecule has 1 aliphatic rings. The Hall–Kier alpha value is -0.420. The number of alkyl halides is 1.